The molecule has 4 heterocycles. The fraction of sp³-hybridized carbons (Fsp3) is 0.148. The minimum Gasteiger partial charge on any atom is -0.497 e. The van der Waals surface area contributed by atoms with Crippen LogP contribution < -0.4 is 15.4 Å². The molecule has 6 rings (SSSR count). The first kappa shape index (κ1) is 21.7. The second kappa shape index (κ2) is 9.10. The lowest BCUT2D eigenvalue weighted by Crippen LogP contribution is -2.37. The Hall–Kier alpha value is -4.79. The van der Waals surface area contributed by atoms with Crippen molar-refractivity contribution < 1.29 is 9.53 Å². The highest BCUT2D eigenvalue weighted by Crippen LogP contribution is 2.31. The Morgan fingerprint density at radius 3 is 2.75 bits per heavy atom. The summed E-state index contributed by atoms with van der Waals surface area (Å²) in [6.07, 6.45) is 6.46. The van der Waals surface area contributed by atoms with E-state index < -0.39 is 0 Å². The van der Waals surface area contributed by atoms with E-state index >= 15 is 0 Å². The molecule has 1 aliphatic rings. The summed E-state index contributed by atoms with van der Waals surface area (Å²) in [4.78, 5) is 22.5. The summed E-state index contributed by atoms with van der Waals surface area (Å²) in [6, 6.07) is 17.4. The zero-order valence-electron chi connectivity index (χ0n) is 19.7. The molecule has 0 saturated heterocycles. The molecule has 0 aliphatic carbocycles. The molecular formula is C27H25N7O2. The highest BCUT2D eigenvalue weighted by atomic mass is 16.5. The van der Waals surface area contributed by atoms with Crippen molar-refractivity contribution in [2.75, 3.05) is 30.8 Å². The predicted octanol–water partition coefficient (Wildman–Crippen LogP) is 5.51. The van der Waals surface area contributed by atoms with Crippen LogP contribution in [0.25, 0.3) is 27.5 Å². The number of amides is 2. The third-order valence-electron chi connectivity index (χ3n) is 6.43. The number of methoxy groups -OCH3 is 1. The number of nitrogens with zero attached hydrogens (tertiary/aromatic N) is 3. The number of nitrogens with one attached hydrogen (secondary N) is 4. The molecule has 180 valence electrons. The molecule has 0 atom stereocenters. The average Bonchev–Trinajstić information content (AvgIpc) is 3.57. The number of ether oxygens (including phenoxy) is 1. The van der Waals surface area contributed by atoms with Crippen LogP contribution in [0, 0.1) is 0 Å². The molecule has 0 fully saturated rings. The van der Waals surface area contributed by atoms with Crippen molar-refractivity contribution in [3.05, 3.63) is 78.8 Å². The molecule has 9 heteroatoms. The molecule has 2 aromatic carbocycles. The van der Waals surface area contributed by atoms with Gasteiger partial charge in [0.15, 0.2) is 0 Å². The molecule has 0 bridgehead atoms. The summed E-state index contributed by atoms with van der Waals surface area (Å²) in [5.74, 6) is 0.753. The molecule has 1 aliphatic heterocycles. The third kappa shape index (κ3) is 4.22. The number of carbonyl (C=O) groups is 1. The van der Waals surface area contributed by atoms with Crippen molar-refractivity contribution >= 4 is 50.6 Å². The number of anilines is 3. The average molecular weight is 480 g/mol. The maximum absolute atomic E-state index is 12.7. The third-order valence-corrected chi connectivity index (χ3v) is 6.43. The van der Waals surface area contributed by atoms with Gasteiger partial charge in [0.25, 0.3) is 0 Å². The molecule has 5 aromatic rings. The van der Waals surface area contributed by atoms with E-state index in [-0.39, 0.29) is 6.03 Å². The normalized spacial score (nSPS) is 13.6. The van der Waals surface area contributed by atoms with Crippen LogP contribution in [0.5, 0.6) is 5.75 Å². The summed E-state index contributed by atoms with van der Waals surface area (Å²) in [7, 11) is 1.62. The first-order valence-corrected chi connectivity index (χ1v) is 11.7. The van der Waals surface area contributed by atoms with Crippen LogP contribution >= 0.6 is 0 Å². The van der Waals surface area contributed by atoms with Crippen LogP contribution in [-0.4, -0.2) is 51.3 Å². The highest BCUT2D eigenvalue weighted by Gasteiger charge is 2.19. The van der Waals surface area contributed by atoms with Crippen LogP contribution in [0.2, 0.25) is 0 Å². The van der Waals surface area contributed by atoms with Crippen LogP contribution in [-0.2, 0) is 0 Å². The summed E-state index contributed by atoms with van der Waals surface area (Å²) in [5, 5.41) is 15.6. The van der Waals surface area contributed by atoms with Crippen molar-refractivity contribution in [2.24, 2.45) is 0 Å². The van der Waals surface area contributed by atoms with E-state index in [4.69, 9.17) is 4.74 Å². The second-order valence-corrected chi connectivity index (χ2v) is 8.68. The zero-order chi connectivity index (χ0) is 24.5. The van der Waals surface area contributed by atoms with Gasteiger partial charge in [-0.2, -0.15) is 5.10 Å². The van der Waals surface area contributed by atoms with Gasteiger partial charge in [0.05, 0.1) is 24.5 Å². The molecule has 36 heavy (non-hydrogen) atoms. The van der Waals surface area contributed by atoms with Crippen molar-refractivity contribution in [1.29, 1.82) is 0 Å². The molecule has 4 N–H and O–H groups in total. The van der Waals surface area contributed by atoms with Crippen molar-refractivity contribution in [1.82, 2.24) is 25.1 Å². The SMILES string of the molecule is COc1ccc(NC(=O)N2CC=C(c3cc4c(Nc5ccc6[nH]ncc6c5)ccnc4[nH]3)CC2)cc1. The van der Waals surface area contributed by atoms with Crippen LogP contribution in [0.3, 0.4) is 0 Å². The fourth-order valence-corrected chi connectivity index (χ4v) is 4.46. The Balaban J connectivity index is 1.17. The number of aromatic nitrogens is 4. The van der Waals surface area contributed by atoms with E-state index in [0.29, 0.717) is 13.1 Å². The van der Waals surface area contributed by atoms with Gasteiger partial charge in [-0.25, -0.2) is 9.78 Å². The Bertz CT molecular complexity index is 1580. The van der Waals surface area contributed by atoms with E-state index in [1.807, 2.05) is 48.7 Å². The minimum absolute atomic E-state index is 0.116. The number of H-pyrrole nitrogens is 2. The molecule has 0 unspecified atom stereocenters. The van der Waals surface area contributed by atoms with Crippen molar-refractivity contribution in [3.8, 4) is 5.75 Å². The molecule has 0 saturated carbocycles. The van der Waals surface area contributed by atoms with E-state index in [1.165, 1.54) is 5.57 Å². The van der Waals surface area contributed by atoms with Gasteiger partial charge >= 0.3 is 6.03 Å². The Morgan fingerprint density at radius 2 is 1.94 bits per heavy atom. The lowest BCUT2D eigenvalue weighted by Gasteiger charge is -2.26. The highest BCUT2D eigenvalue weighted by molar-refractivity contribution is 5.95. The number of carbonyl (C=O) groups excluding carboxylic acids is 1. The monoisotopic (exact) mass is 479 g/mol. The second-order valence-electron chi connectivity index (χ2n) is 8.68. The fourth-order valence-electron chi connectivity index (χ4n) is 4.46. The van der Waals surface area contributed by atoms with Gasteiger partial charge in [0, 0.05) is 47.1 Å². The predicted molar refractivity (Wildman–Crippen MR) is 142 cm³/mol. The Kier molecular flexibility index (Phi) is 5.49. The number of aromatic amines is 2. The summed E-state index contributed by atoms with van der Waals surface area (Å²) in [6.45, 7) is 1.17. The molecule has 0 spiro atoms. The maximum atomic E-state index is 12.7. The van der Waals surface area contributed by atoms with Gasteiger partial charge < -0.3 is 25.3 Å². The minimum atomic E-state index is -0.116. The number of benzene rings is 2. The number of rotatable bonds is 5. The van der Waals surface area contributed by atoms with Crippen molar-refractivity contribution in [2.45, 2.75) is 6.42 Å². The number of hydrogen-bond donors (Lipinski definition) is 4. The number of fused-ring (bicyclic) bond motifs is 2. The van der Waals surface area contributed by atoms with Crippen LogP contribution in [0.15, 0.2) is 73.1 Å². The van der Waals surface area contributed by atoms with Gasteiger partial charge in [-0.3, -0.25) is 5.10 Å². The van der Waals surface area contributed by atoms with Gasteiger partial charge in [0.1, 0.15) is 11.4 Å². The van der Waals surface area contributed by atoms with Crippen molar-refractivity contribution in [3.63, 3.8) is 0 Å². The first-order chi connectivity index (χ1) is 17.7. The summed E-state index contributed by atoms with van der Waals surface area (Å²) < 4.78 is 5.17. The van der Waals surface area contributed by atoms with Gasteiger partial charge in [-0.05, 0) is 66.6 Å². The zero-order valence-corrected chi connectivity index (χ0v) is 19.7. The van der Waals surface area contributed by atoms with Gasteiger partial charge in [-0.1, -0.05) is 6.08 Å². The number of hydrogen-bond acceptors (Lipinski definition) is 5. The maximum Gasteiger partial charge on any atom is 0.322 e. The number of pyridine rings is 1. The number of urea groups is 1. The molecule has 9 nitrogen and oxygen atoms in total. The smallest absolute Gasteiger partial charge is 0.322 e. The van der Waals surface area contributed by atoms with E-state index in [1.54, 1.807) is 18.2 Å². The molecule has 2 amide bonds. The van der Waals surface area contributed by atoms with E-state index in [0.717, 1.165) is 56.9 Å². The van der Waals surface area contributed by atoms with Crippen LogP contribution in [0.4, 0.5) is 21.9 Å². The topological polar surface area (TPSA) is 111 Å². The largest absolute Gasteiger partial charge is 0.497 e. The lowest BCUT2D eigenvalue weighted by atomic mass is 10.0. The summed E-state index contributed by atoms with van der Waals surface area (Å²) in [5.41, 5.74) is 6.71. The van der Waals surface area contributed by atoms with E-state index in [9.17, 15) is 4.79 Å². The van der Waals surface area contributed by atoms with Gasteiger partial charge in [0.2, 0.25) is 0 Å². The quantitative estimate of drug-likeness (QED) is 0.266. The van der Waals surface area contributed by atoms with E-state index in [2.05, 4.69) is 49.0 Å². The molecule has 3 aromatic heterocycles. The molecule has 0 radical (unpaired) electrons. The lowest BCUT2D eigenvalue weighted by molar-refractivity contribution is 0.217. The first-order valence-electron chi connectivity index (χ1n) is 11.7. The summed E-state index contributed by atoms with van der Waals surface area (Å²) >= 11 is 0. The van der Waals surface area contributed by atoms with Gasteiger partial charge in [-0.15, -0.1) is 0 Å². The molecular weight excluding hydrogens is 454 g/mol. The Labute approximate surface area is 207 Å². The standard InChI is InChI=1S/C27H25N7O2/c1-36-21-5-2-19(3-6-21)31-27(35)34-12-9-17(10-13-34)25-15-22-24(8-11-28-26(22)32-25)30-20-4-7-23-18(14-20)16-29-33-23/h2-9,11,14-16H,10,12-13H2,1H3,(H,29,33)(H,31,35)(H2,28,30,32). The Morgan fingerprint density at radius 1 is 1.08 bits per heavy atom. The van der Waals surface area contributed by atoms with Crippen LogP contribution in [0.1, 0.15) is 12.1 Å².